The largest absolute Gasteiger partial charge is 0.489 e. The van der Waals surface area contributed by atoms with Crippen molar-refractivity contribution < 1.29 is 19.1 Å². The lowest BCUT2D eigenvalue weighted by Crippen LogP contribution is -2.30. The number of carbonyl (C=O) groups is 2. The third kappa shape index (κ3) is 4.81. The van der Waals surface area contributed by atoms with Gasteiger partial charge in [-0.05, 0) is 24.1 Å². The topological polar surface area (TPSA) is 80.4 Å². The maximum atomic E-state index is 12.7. The van der Waals surface area contributed by atoms with Crippen LogP contribution in [0.3, 0.4) is 0 Å². The lowest BCUT2D eigenvalue weighted by Gasteiger charge is -2.12. The van der Waals surface area contributed by atoms with Crippen molar-refractivity contribution in [2.24, 2.45) is 0 Å². The number of benzene rings is 3. The number of aromatic amines is 1. The molecule has 6 nitrogen and oxygen atoms in total. The summed E-state index contributed by atoms with van der Waals surface area (Å²) in [6.07, 6.45) is 1.54. The van der Waals surface area contributed by atoms with Crippen molar-refractivity contribution in [3.8, 4) is 11.5 Å². The number of rotatable bonds is 9. The van der Waals surface area contributed by atoms with Gasteiger partial charge in [-0.25, -0.2) is 0 Å². The Balaban J connectivity index is 1.67. The number of aromatic nitrogens is 1. The average molecular weight is 428 g/mol. The van der Waals surface area contributed by atoms with E-state index in [1.807, 2.05) is 60.7 Å². The Hall–Kier alpha value is -4.06. The molecule has 0 aliphatic heterocycles. The van der Waals surface area contributed by atoms with Crippen LogP contribution in [0, 0.1) is 0 Å². The first-order chi connectivity index (χ1) is 15.7. The highest BCUT2D eigenvalue weighted by Gasteiger charge is 2.21. The minimum Gasteiger partial charge on any atom is -0.489 e. The first kappa shape index (κ1) is 21.2. The van der Waals surface area contributed by atoms with Crippen molar-refractivity contribution in [1.29, 1.82) is 0 Å². The summed E-state index contributed by atoms with van der Waals surface area (Å²) in [7, 11) is 0. The SMILES string of the molecule is CCNC(=O)C(=O)c1c[nH]c2c(OCc3ccccc3)cc(OCc3ccccc3)cc12. The molecule has 0 atom stereocenters. The van der Waals surface area contributed by atoms with Crippen LogP contribution in [0.5, 0.6) is 11.5 Å². The van der Waals surface area contributed by atoms with Crippen LogP contribution in [0.15, 0.2) is 79.0 Å². The fourth-order valence-electron chi connectivity index (χ4n) is 3.40. The second-order valence-electron chi connectivity index (χ2n) is 7.28. The molecule has 0 radical (unpaired) electrons. The Morgan fingerprint density at radius 2 is 1.50 bits per heavy atom. The van der Waals surface area contributed by atoms with Gasteiger partial charge in [0.1, 0.15) is 24.7 Å². The molecule has 0 aliphatic rings. The minimum atomic E-state index is -0.643. The lowest BCUT2D eigenvalue weighted by molar-refractivity contribution is -0.116. The van der Waals surface area contributed by atoms with Crippen LogP contribution in [0.25, 0.3) is 10.9 Å². The maximum Gasteiger partial charge on any atom is 0.292 e. The van der Waals surface area contributed by atoms with Gasteiger partial charge in [0.05, 0.1) is 11.1 Å². The number of carbonyl (C=O) groups excluding carboxylic acids is 2. The van der Waals surface area contributed by atoms with E-state index in [-0.39, 0.29) is 5.56 Å². The number of H-pyrrole nitrogens is 1. The normalized spacial score (nSPS) is 10.7. The molecule has 1 heterocycles. The number of ether oxygens (including phenoxy) is 2. The van der Waals surface area contributed by atoms with Gasteiger partial charge >= 0.3 is 0 Å². The molecule has 0 spiro atoms. The van der Waals surface area contributed by atoms with E-state index in [0.29, 0.717) is 42.2 Å². The van der Waals surface area contributed by atoms with E-state index in [9.17, 15) is 9.59 Å². The summed E-state index contributed by atoms with van der Waals surface area (Å²) >= 11 is 0. The van der Waals surface area contributed by atoms with Gasteiger partial charge in [-0.1, -0.05) is 60.7 Å². The van der Waals surface area contributed by atoms with Gasteiger partial charge in [0.15, 0.2) is 0 Å². The number of hydrogen-bond donors (Lipinski definition) is 2. The summed E-state index contributed by atoms with van der Waals surface area (Å²) in [5, 5.41) is 3.13. The summed E-state index contributed by atoms with van der Waals surface area (Å²) in [6, 6.07) is 23.2. The van der Waals surface area contributed by atoms with E-state index in [1.165, 1.54) is 0 Å². The van der Waals surface area contributed by atoms with Crippen molar-refractivity contribution in [1.82, 2.24) is 10.3 Å². The van der Waals surface area contributed by atoms with E-state index in [1.54, 1.807) is 25.3 Å². The number of hydrogen-bond acceptors (Lipinski definition) is 4. The molecule has 1 aromatic heterocycles. The third-order valence-electron chi connectivity index (χ3n) is 5.00. The summed E-state index contributed by atoms with van der Waals surface area (Å²) < 4.78 is 12.1. The average Bonchev–Trinajstić information content (AvgIpc) is 3.26. The standard InChI is InChI=1S/C26H24N2O4/c1-2-27-26(30)25(29)22-15-28-24-21(22)13-20(31-16-18-9-5-3-6-10-18)14-23(24)32-17-19-11-7-4-8-12-19/h3-15,28H,2,16-17H2,1H3,(H,27,30). The van der Waals surface area contributed by atoms with Gasteiger partial charge in [-0.15, -0.1) is 0 Å². The third-order valence-corrected chi connectivity index (χ3v) is 5.00. The van der Waals surface area contributed by atoms with Crippen molar-refractivity contribution in [3.05, 3.63) is 95.7 Å². The number of fused-ring (bicyclic) bond motifs is 1. The van der Waals surface area contributed by atoms with Gasteiger partial charge in [-0.2, -0.15) is 0 Å². The van der Waals surface area contributed by atoms with E-state index in [0.717, 1.165) is 11.1 Å². The highest BCUT2D eigenvalue weighted by atomic mass is 16.5. The van der Waals surface area contributed by atoms with Crippen molar-refractivity contribution >= 4 is 22.6 Å². The quantitative estimate of drug-likeness (QED) is 0.301. The van der Waals surface area contributed by atoms with Crippen molar-refractivity contribution in [2.75, 3.05) is 6.54 Å². The molecule has 4 rings (SSSR count). The Labute approximate surface area is 186 Å². The molecule has 4 aromatic rings. The van der Waals surface area contributed by atoms with Gasteiger partial charge < -0.3 is 19.8 Å². The highest BCUT2D eigenvalue weighted by molar-refractivity contribution is 6.45. The molecule has 32 heavy (non-hydrogen) atoms. The summed E-state index contributed by atoms with van der Waals surface area (Å²) in [4.78, 5) is 27.9. The zero-order chi connectivity index (χ0) is 22.3. The molecule has 162 valence electrons. The monoisotopic (exact) mass is 428 g/mol. The predicted molar refractivity (Wildman–Crippen MR) is 123 cm³/mol. The van der Waals surface area contributed by atoms with E-state index in [4.69, 9.17) is 9.47 Å². The minimum absolute atomic E-state index is 0.278. The number of nitrogens with one attached hydrogen (secondary N) is 2. The second-order valence-corrected chi connectivity index (χ2v) is 7.28. The van der Waals surface area contributed by atoms with E-state index in [2.05, 4.69) is 10.3 Å². The molecular weight excluding hydrogens is 404 g/mol. The molecular formula is C26H24N2O4. The summed E-state index contributed by atoms with van der Waals surface area (Å²) in [5.41, 5.74) is 2.95. The van der Waals surface area contributed by atoms with Crippen molar-refractivity contribution in [2.45, 2.75) is 20.1 Å². The Bertz CT molecular complexity index is 1220. The Kier molecular flexibility index (Phi) is 6.51. The molecule has 0 saturated heterocycles. The van der Waals surface area contributed by atoms with Crippen LogP contribution < -0.4 is 14.8 Å². The second kappa shape index (κ2) is 9.83. The number of ketones is 1. The first-order valence-electron chi connectivity index (χ1n) is 10.5. The smallest absolute Gasteiger partial charge is 0.292 e. The molecule has 0 aliphatic carbocycles. The van der Waals surface area contributed by atoms with E-state index >= 15 is 0 Å². The predicted octanol–water partition coefficient (Wildman–Crippen LogP) is 4.64. The van der Waals surface area contributed by atoms with Crippen LogP contribution in [0.2, 0.25) is 0 Å². The van der Waals surface area contributed by atoms with Gasteiger partial charge in [0, 0.05) is 24.2 Å². The fourth-order valence-corrected chi connectivity index (χ4v) is 3.40. The van der Waals surface area contributed by atoms with E-state index < -0.39 is 11.7 Å². The molecule has 0 fully saturated rings. The van der Waals surface area contributed by atoms with Crippen LogP contribution in [0.1, 0.15) is 28.4 Å². The van der Waals surface area contributed by atoms with Crippen molar-refractivity contribution in [3.63, 3.8) is 0 Å². The summed E-state index contributed by atoms with van der Waals surface area (Å²) in [5.74, 6) is -0.151. The molecule has 0 saturated carbocycles. The first-order valence-corrected chi connectivity index (χ1v) is 10.5. The zero-order valence-electron chi connectivity index (χ0n) is 17.8. The van der Waals surface area contributed by atoms with Crippen LogP contribution in [-0.2, 0) is 18.0 Å². The van der Waals surface area contributed by atoms with Gasteiger partial charge in [0.2, 0.25) is 0 Å². The number of amides is 1. The van der Waals surface area contributed by atoms with Crippen LogP contribution in [0.4, 0.5) is 0 Å². The maximum absolute atomic E-state index is 12.7. The highest BCUT2D eigenvalue weighted by Crippen LogP contribution is 2.34. The number of likely N-dealkylation sites (N-methyl/N-ethyl adjacent to an activating group) is 1. The molecule has 1 amide bonds. The van der Waals surface area contributed by atoms with Gasteiger partial charge in [0.25, 0.3) is 11.7 Å². The molecule has 0 unspecified atom stereocenters. The Morgan fingerprint density at radius 1 is 0.875 bits per heavy atom. The zero-order valence-corrected chi connectivity index (χ0v) is 17.8. The molecule has 2 N–H and O–H groups in total. The fraction of sp³-hybridized carbons (Fsp3) is 0.154. The Morgan fingerprint density at radius 3 is 2.12 bits per heavy atom. The molecule has 6 heteroatoms. The van der Waals surface area contributed by atoms with Crippen LogP contribution in [-0.4, -0.2) is 23.2 Å². The lowest BCUT2D eigenvalue weighted by atomic mass is 10.1. The molecule has 3 aromatic carbocycles. The number of Topliss-reactive ketones (excluding diaryl/α,β-unsaturated/α-hetero) is 1. The molecule has 0 bridgehead atoms. The van der Waals surface area contributed by atoms with Gasteiger partial charge in [-0.3, -0.25) is 9.59 Å². The summed E-state index contributed by atoms with van der Waals surface area (Å²) in [6.45, 7) is 2.88. The van der Waals surface area contributed by atoms with Crippen LogP contribution >= 0.6 is 0 Å².